The third-order valence-electron chi connectivity index (χ3n) is 3.39. The largest absolute Gasteiger partial charge is 0.493 e. The molecule has 1 aromatic carbocycles. The lowest BCUT2D eigenvalue weighted by atomic mass is 10.1. The average Bonchev–Trinajstić information content (AvgIpc) is 3.14. The van der Waals surface area contributed by atoms with Gasteiger partial charge in [0.05, 0.1) is 13.2 Å². The summed E-state index contributed by atoms with van der Waals surface area (Å²) >= 11 is 5.76. The number of halogens is 1. The van der Waals surface area contributed by atoms with Gasteiger partial charge in [-0.25, -0.2) is 0 Å². The maximum absolute atomic E-state index is 11.8. The number of carbonyl (C=O) groups excluding carboxylic acids is 1. The lowest BCUT2D eigenvalue weighted by Crippen LogP contribution is -2.31. The first-order chi connectivity index (χ1) is 9.50. The van der Waals surface area contributed by atoms with Gasteiger partial charge >= 0.3 is 11.9 Å². The second-order valence-electron chi connectivity index (χ2n) is 4.66. The first kappa shape index (κ1) is 14.7. The van der Waals surface area contributed by atoms with E-state index in [2.05, 4.69) is 0 Å². The monoisotopic (exact) mass is 298 g/mol. The predicted octanol–water partition coefficient (Wildman–Crippen LogP) is 2.37. The van der Waals surface area contributed by atoms with Crippen LogP contribution in [0.1, 0.15) is 13.3 Å². The molecule has 2 atom stereocenters. The van der Waals surface area contributed by atoms with E-state index in [0.717, 1.165) is 0 Å². The molecule has 1 aliphatic carbocycles. The Hall–Kier alpha value is -1.75. The van der Waals surface area contributed by atoms with Crippen LogP contribution in [0.4, 0.5) is 0 Å². The number of hydrogen-bond donors (Lipinski definition) is 1. The van der Waals surface area contributed by atoms with Gasteiger partial charge in [-0.05, 0) is 37.6 Å². The molecular formula is C14H15ClO5. The minimum Gasteiger partial charge on any atom is -0.493 e. The van der Waals surface area contributed by atoms with Crippen LogP contribution in [0.5, 0.6) is 5.75 Å². The summed E-state index contributed by atoms with van der Waals surface area (Å²) in [4.78, 5) is 23.1. The maximum Gasteiger partial charge on any atom is 0.323 e. The highest BCUT2D eigenvalue weighted by atomic mass is 35.5. The van der Waals surface area contributed by atoms with E-state index >= 15 is 0 Å². The van der Waals surface area contributed by atoms with Crippen LogP contribution in [-0.2, 0) is 14.3 Å². The standard InChI is InChI=1S/C14H15ClO5/c1-2-19-13(18)14(12(16)17)7-9(14)8-20-11-5-3-10(15)4-6-11/h3-6,9H,2,7-8H2,1H3,(H,16,17). The van der Waals surface area contributed by atoms with Crippen LogP contribution >= 0.6 is 11.6 Å². The lowest BCUT2D eigenvalue weighted by molar-refractivity contribution is -0.161. The Bertz CT molecular complexity index is 513. The van der Waals surface area contributed by atoms with E-state index in [4.69, 9.17) is 21.1 Å². The van der Waals surface area contributed by atoms with E-state index in [1.807, 2.05) is 0 Å². The molecule has 0 bridgehead atoms. The van der Waals surface area contributed by atoms with Crippen molar-refractivity contribution in [2.75, 3.05) is 13.2 Å². The van der Waals surface area contributed by atoms with Gasteiger partial charge in [0.25, 0.3) is 0 Å². The molecule has 1 saturated carbocycles. The molecule has 0 saturated heterocycles. The first-order valence-corrected chi connectivity index (χ1v) is 6.67. The van der Waals surface area contributed by atoms with Gasteiger partial charge in [0.1, 0.15) is 5.75 Å². The Morgan fingerprint density at radius 2 is 2.05 bits per heavy atom. The van der Waals surface area contributed by atoms with E-state index in [9.17, 15) is 14.7 Å². The zero-order valence-corrected chi connectivity index (χ0v) is 11.7. The molecule has 1 aliphatic rings. The number of benzene rings is 1. The number of ether oxygens (including phenoxy) is 2. The molecule has 1 fully saturated rings. The minimum absolute atomic E-state index is 0.159. The summed E-state index contributed by atoms with van der Waals surface area (Å²) < 4.78 is 10.3. The van der Waals surface area contributed by atoms with Crippen molar-refractivity contribution in [1.82, 2.24) is 0 Å². The van der Waals surface area contributed by atoms with Crippen molar-refractivity contribution < 1.29 is 24.2 Å². The normalized spacial score (nSPS) is 24.0. The van der Waals surface area contributed by atoms with Crippen molar-refractivity contribution in [3.05, 3.63) is 29.3 Å². The molecule has 2 rings (SSSR count). The quantitative estimate of drug-likeness (QED) is 0.645. The summed E-state index contributed by atoms with van der Waals surface area (Å²) in [6.45, 7) is 1.97. The molecule has 5 nitrogen and oxygen atoms in total. The van der Waals surface area contributed by atoms with Crippen molar-refractivity contribution in [2.24, 2.45) is 11.3 Å². The van der Waals surface area contributed by atoms with Gasteiger partial charge in [0, 0.05) is 10.9 Å². The van der Waals surface area contributed by atoms with Crippen molar-refractivity contribution in [1.29, 1.82) is 0 Å². The van der Waals surface area contributed by atoms with E-state index in [1.54, 1.807) is 31.2 Å². The average molecular weight is 299 g/mol. The Morgan fingerprint density at radius 3 is 2.60 bits per heavy atom. The molecule has 0 radical (unpaired) electrons. The topological polar surface area (TPSA) is 72.8 Å². The summed E-state index contributed by atoms with van der Waals surface area (Å²) in [7, 11) is 0. The van der Waals surface area contributed by atoms with Crippen LogP contribution in [0.15, 0.2) is 24.3 Å². The third kappa shape index (κ3) is 2.72. The number of hydrogen-bond acceptors (Lipinski definition) is 4. The van der Waals surface area contributed by atoms with Crippen molar-refractivity contribution in [3.63, 3.8) is 0 Å². The zero-order valence-electron chi connectivity index (χ0n) is 11.0. The van der Waals surface area contributed by atoms with Crippen LogP contribution in [0.3, 0.4) is 0 Å². The molecule has 1 aromatic rings. The van der Waals surface area contributed by atoms with Gasteiger partial charge in [0.2, 0.25) is 0 Å². The highest BCUT2D eigenvalue weighted by Crippen LogP contribution is 2.53. The summed E-state index contributed by atoms with van der Waals surface area (Å²) in [5.41, 5.74) is -1.44. The second-order valence-corrected chi connectivity index (χ2v) is 5.10. The molecule has 20 heavy (non-hydrogen) atoms. The Balaban J connectivity index is 1.96. The summed E-state index contributed by atoms with van der Waals surface area (Å²) in [6, 6.07) is 6.74. The molecule has 6 heteroatoms. The second kappa shape index (κ2) is 5.71. The molecule has 1 N–H and O–H groups in total. The van der Waals surface area contributed by atoms with Crippen molar-refractivity contribution in [3.8, 4) is 5.75 Å². The van der Waals surface area contributed by atoms with Crippen LogP contribution in [0.2, 0.25) is 5.02 Å². The molecule has 2 unspecified atom stereocenters. The molecule has 0 spiro atoms. The molecule has 0 amide bonds. The number of carbonyl (C=O) groups is 2. The number of aliphatic carboxylic acids is 1. The van der Waals surface area contributed by atoms with Gasteiger partial charge in [0.15, 0.2) is 5.41 Å². The smallest absolute Gasteiger partial charge is 0.323 e. The Kier molecular flexibility index (Phi) is 4.18. The SMILES string of the molecule is CCOC(=O)C1(C(=O)O)CC1COc1ccc(Cl)cc1. The molecule has 0 heterocycles. The van der Waals surface area contributed by atoms with Gasteiger partial charge in [-0.1, -0.05) is 11.6 Å². The Labute approximate surface area is 121 Å². The fraction of sp³-hybridized carbons (Fsp3) is 0.429. The number of carboxylic acid groups (broad SMARTS) is 1. The van der Waals surface area contributed by atoms with Crippen LogP contribution < -0.4 is 4.74 Å². The molecule has 0 aromatic heterocycles. The fourth-order valence-corrected chi connectivity index (χ4v) is 2.24. The van der Waals surface area contributed by atoms with E-state index in [-0.39, 0.29) is 25.6 Å². The van der Waals surface area contributed by atoms with Gasteiger partial charge < -0.3 is 14.6 Å². The lowest BCUT2D eigenvalue weighted by Gasteiger charge is -2.12. The van der Waals surface area contributed by atoms with E-state index in [1.165, 1.54) is 0 Å². The van der Waals surface area contributed by atoms with Gasteiger partial charge in [-0.2, -0.15) is 0 Å². The number of carboxylic acids is 1. The molecular weight excluding hydrogens is 284 g/mol. The van der Waals surface area contributed by atoms with Gasteiger partial charge in [-0.3, -0.25) is 9.59 Å². The van der Waals surface area contributed by atoms with Crippen molar-refractivity contribution in [2.45, 2.75) is 13.3 Å². The molecule has 0 aliphatic heterocycles. The van der Waals surface area contributed by atoms with Crippen LogP contribution in [0, 0.1) is 11.3 Å². The van der Waals surface area contributed by atoms with Crippen LogP contribution in [-0.4, -0.2) is 30.3 Å². The minimum atomic E-state index is -1.44. The maximum atomic E-state index is 11.8. The summed E-state index contributed by atoms with van der Waals surface area (Å²) in [5, 5.41) is 9.82. The number of esters is 1. The fourth-order valence-electron chi connectivity index (χ4n) is 2.12. The Morgan fingerprint density at radius 1 is 1.40 bits per heavy atom. The summed E-state index contributed by atoms with van der Waals surface area (Å²) in [6.07, 6.45) is 0.245. The zero-order chi connectivity index (χ0) is 14.8. The van der Waals surface area contributed by atoms with E-state index < -0.39 is 17.4 Å². The third-order valence-corrected chi connectivity index (χ3v) is 3.64. The highest BCUT2D eigenvalue weighted by Gasteiger charge is 2.67. The van der Waals surface area contributed by atoms with E-state index in [0.29, 0.717) is 10.8 Å². The summed E-state index contributed by atoms with van der Waals surface area (Å²) in [5.74, 6) is -1.61. The highest BCUT2D eigenvalue weighted by molar-refractivity contribution is 6.30. The first-order valence-electron chi connectivity index (χ1n) is 6.29. The van der Waals surface area contributed by atoms with Gasteiger partial charge in [-0.15, -0.1) is 0 Å². The van der Waals surface area contributed by atoms with Crippen LogP contribution in [0.25, 0.3) is 0 Å². The van der Waals surface area contributed by atoms with Crippen molar-refractivity contribution >= 4 is 23.5 Å². The number of rotatable bonds is 6. The predicted molar refractivity (Wildman–Crippen MR) is 71.8 cm³/mol. The molecule has 108 valence electrons.